The Morgan fingerprint density at radius 3 is 2.52 bits per heavy atom. The molecule has 0 fully saturated rings. The Morgan fingerprint density at radius 2 is 1.86 bits per heavy atom. The quantitative estimate of drug-likeness (QED) is 0.836. The third kappa shape index (κ3) is 3.72. The van der Waals surface area contributed by atoms with E-state index in [0.717, 1.165) is 23.1 Å². The molecule has 0 amide bonds. The van der Waals surface area contributed by atoms with Crippen LogP contribution in [0.5, 0.6) is 0 Å². The van der Waals surface area contributed by atoms with Crippen LogP contribution in [0, 0.1) is 20.8 Å². The van der Waals surface area contributed by atoms with Crippen molar-refractivity contribution in [3.8, 4) is 0 Å². The molecule has 0 bridgehead atoms. The van der Waals surface area contributed by atoms with E-state index in [1.807, 2.05) is 12.3 Å². The molecular formula is C18H23BrN2. The molecule has 1 heterocycles. The van der Waals surface area contributed by atoms with E-state index in [-0.39, 0.29) is 6.04 Å². The number of pyridine rings is 1. The minimum atomic E-state index is 0.125. The van der Waals surface area contributed by atoms with E-state index in [4.69, 9.17) is 0 Å². The summed E-state index contributed by atoms with van der Waals surface area (Å²) in [5, 5.41) is 3.64. The van der Waals surface area contributed by atoms with Gasteiger partial charge in [-0.25, -0.2) is 0 Å². The molecule has 21 heavy (non-hydrogen) atoms. The number of hydrogen-bond acceptors (Lipinski definition) is 2. The lowest BCUT2D eigenvalue weighted by molar-refractivity contribution is 0.582. The lowest BCUT2D eigenvalue weighted by Crippen LogP contribution is -2.25. The van der Waals surface area contributed by atoms with Crippen LogP contribution < -0.4 is 5.32 Å². The topological polar surface area (TPSA) is 24.9 Å². The fourth-order valence-electron chi connectivity index (χ4n) is 2.55. The van der Waals surface area contributed by atoms with Crippen molar-refractivity contribution < 1.29 is 0 Å². The number of nitrogens with one attached hydrogen (secondary N) is 1. The Kier molecular flexibility index (Phi) is 5.54. The zero-order chi connectivity index (χ0) is 15.4. The number of aryl methyl sites for hydroxylation is 3. The summed E-state index contributed by atoms with van der Waals surface area (Å²) in [4.78, 5) is 4.59. The average molecular weight is 347 g/mol. The summed E-state index contributed by atoms with van der Waals surface area (Å²) < 4.78 is 1.05. The first kappa shape index (κ1) is 16.2. The molecule has 0 spiro atoms. The van der Waals surface area contributed by atoms with Gasteiger partial charge in [-0.2, -0.15) is 0 Å². The van der Waals surface area contributed by atoms with Gasteiger partial charge in [-0.05, 0) is 84.1 Å². The molecule has 2 aromatic rings. The maximum Gasteiger partial charge on any atom is 0.0765 e. The van der Waals surface area contributed by atoms with Gasteiger partial charge in [0.25, 0.3) is 0 Å². The van der Waals surface area contributed by atoms with Crippen molar-refractivity contribution in [2.45, 2.75) is 40.2 Å². The Morgan fingerprint density at radius 1 is 1.14 bits per heavy atom. The Bertz CT molecular complexity index is 623. The zero-order valence-electron chi connectivity index (χ0n) is 13.2. The summed E-state index contributed by atoms with van der Waals surface area (Å²) >= 11 is 3.64. The van der Waals surface area contributed by atoms with Crippen molar-refractivity contribution in [2.24, 2.45) is 0 Å². The molecule has 1 N–H and O–H groups in total. The monoisotopic (exact) mass is 346 g/mol. The van der Waals surface area contributed by atoms with Gasteiger partial charge in [0.05, 0.1) is 11.7 Å². The minimum absolute atomic E-state index is 0.125. The molecule has 1 aromatic heterocycles. The van der Waals surface area contributed by atoms with Crippen molar-refractivity contribution in [3.63, 3.8) is 0 Å². The van der Waals surface area contributed by atoms with Gasteiger partial charge in [0.15, 0.2) is 0 Å². The summed E-state index contributed by atoms with van der Waals surface area (Å²) in [7, 11) is 0. The summed E-state index contributed by atoms with van der Waals surface area (Å²) in [5.41, 5.74) is 6.34. The lowest BCUT2D eigenvalue weighted by Gasteiger charge is -2.22. The van der Waals surface area contributed by atoms with E-state index in [2.05, 4.69) is 72.1 Å². The van der Waals surface area contributed by atoms with Crippen LogP contribution in [0.1, 0.15) is 47.3 Å². The molecule has 112 valence electrons. The minimum Gasteiger partial charge on any atom is -0.305 e. The fourth-order valence-corrected chi connectivity index (χ4v) is 3.03. The first-order chi connectivity index (χ1) is 10.0. The number of halogens is 1. The maximum absolute atomic E-state index is 4.59. The Balaban J connectivity index is 2.51. The number of hydrogen-bond donors (Lipinski definition) is 1. The molecule has 2 nitrogen and oxygen atoms in total. The second-order valence-electron chi connectivity index (χ2n) is 5.55. The van der Waals surface area contributed by atoms with Crippen LogP contribution in [-0.2, 0) is 0 Å². The van der Waals surface area contributed by atoms with E-state index < -0.39 is 0 Å². The normalized spacial score (nSPS) is 12.4. The van der Waals surface area contributed by atoms with Crippen molar-refractivity contribution in [3.05, 3.63) is 62.9 Å². The Hall–Kier alpha value is -1.19. The number of nitrogens with zero attached hydrogens (tertiary/aromatic N) is 1. The number of benzene rings is 1. The highest BCUT2D eigenvalue weighted by atomic mass is 79.9. The van der Waals surface area contributed by atoms with Gasteiger partial charge in [-0.15, -0.1) is 0 Å². The number of aromatic nitrogens is 1. The van der Waals surface area contributed by atoms with Crippen LogP contribution in [0.3, 0.4) is 0 Å². The summed E-state index contributed by atoms with van der Waals surface area (Å²) in [6, 6.07) is 8.69. The number of rotatable bonds is 5. The van der Waals surface area contributed by atoms with Crippen LogP contribution in [0.25, 0.3) is 0 Å². The second kappa shape index (κ2) is 7.19. The molecule has 1 atom stereocenters. The second-order valence-corrected chi connectivity index (χ2v) is 6.40. The zero-order valence-corrected chi connectivity index (χ0v) is 14.8. The van der Waals surface area contributed by atoms with E-state index in [1.165, 1.54) is 22.3 Å². The third-order valence-corrected chi connectivity index (χ3v) is 4.52. The molecule has 3 heteroatoms. The fraction of sp³-hybridized carbons (Fsp3) is 0.389. The average Bonchev–Trinajstić information content (AvgIpc) is 2.46. The van der Waals surface area contributed by atoms with Gasteiger partial charge in [0.2, 0.25) is 0 Å². The predicted molar refractivity (Wildman–Crippen MR) is 92.7 cm³/mol. The molecule has 1 unspecified atom stereocenters. The summed E-state index contributed by atoms with van der Waals surface area (Å²) in [6.45, 7) is 9.67. The molecule has 0 radical (unpaired) electrons. The highest BCUT2D eigenvalue weighted by Crippen LogP contribution is 2.30. The molecule has 1 aromatic carbocycles. The van der Waals surface area contributed by atoms with E-state index in [9.17, 15) is 0 Å². The highest BCUT2D eigenvalue weighted by molar-refractivity contribution is 9.10. The first-order valence-corrected chi connectivity index (χ1v) is 8.25. The Labute approximate surface area is 136 Å². The van der Waals surface area contributed by atoms with Crippen molar-refractivity contribution in [2.75, 3.05) is 6.54 Å². The first-order valence-electron chi connectivity index (χ1n) is 7.46. The van der Waals surface area contributed by atoms with Crippen LogP contribution in [0.15, 0.2) is 34.9 Å². The van der Waals surface area contributed by atoms with Gasteiger partial charge in [-0.1, -0.05) is 19.1 Å². The SMILES string of the molecule is CCCNC(c1cc(C)c(C)cc1C)c1ncccc1Br. The van der Waals surface area contributed by atoms with Gasteiger partial charge in [0.1, 0.15) is 0 Å². The van der Waals surface area contributed by atoms with Crippen LogP contribution in [0.2, 0.25) is 0 Å². The van der Waals surface area contributed by atoms with Crippen LogP contribution in [0.4, 0.5) is 0 Å². The van der Waals surface area contributed by atoms with Crippen molar-refractivity contribution in [1.82, 2.24) is 10.3 Å². The van der Waals surface area contributed by atoms with Gasteiger partial charge in [0, 0.05) is 10.7 Å². The van der Waals surface area contributed by atoms with E-state index in [0.29, 0.717) is 0 Å². The lowest BCUT2D eigenvalue weighted by atomic mass is 9.93. The summed E-state index contributed by atoms with van der Waals surface area (Å²) in [5.74, 6) is 0. The standard InChI is InChI=1S/C18H23BrN2/c1-5-8-20-17(18-16(19)7-6-9-21-18)15-11-13(3)12(2)10-14(15)4/h6-7,9-11,17,20H,5,8H2,1-4H3. The van der Waals surface area contributed by atoms with Gasteiger partial charge in [-0.3, -0.25) is 4.98 Å². The van der Waals surface area contributed by atoms with Gasteiger partial charge >= 0.3 is 0 Å². The van der Waals surface area contributed by atoms with Crippen molar-refractivity contribution >= 4 is 15.9 Å². The molecular weight excluding hydrogens is 324 g/mol. The smallest absolute Gasteiger partial charge is 0.0765 e. The van der Waals surface area contributed by atoms with Crippen molar-refractivity contribution in [1.29, 1.82) is 0 Å². The largest absolute Gasteiger partial charge is 0.305 e. The molecule has 0 aliphatic carbocycles. The van der Waals surface area contributed by atoms with Crippen LogP contribution in [-0.4, -0.2) is 11.5 Å². The maximum atomic E-state index is 4.59. The van der Waals surface area contributed by atoms with Gasteiger partial charge < -0.3 is 5.32 Å². The third-order valence-electron chi connectivity index (χ3n) is 3.85. The van der Waals surface area contributed by atoms with Crippen LogP contribution >= 0.6 is 15.9 Å². The highest BCUT2D eigenvalue weighted by Gasteiger charge is 2.19. The molecule has 0 aliphatic heterocycles. The molecule has 0 aliphatic rings. The molecule has 0 saturated carbocycles. The molecule has 2 rings (SSSR count). The van der Waals surface area contributed by atoms with E-state index >= 15 is 0 Å². The predicted octanol–water partition coefficient (Wildman–Crippen LogP) is 4.86. The summed E-state index contributed by atoms with van der Waals surface area (Å²) in [6.07, 6.45) is 2.96. The molecule has 0 saturated heterocycles. The van der Waals surface area contributed by atoms with E-state index in [1.54, 1.807) is 0 Å².